The van der Waals surface area contributed by atoms with Crippen LogP contribution in [0.25, 0.3) is 0 Å². The molecule has 2 aromatic heterocycles. The molecule has 2 N–H and O–H groups in total. The Kier molecular flexibility index (Phi) is 4.48. The third kappa shape index (κ3) is 4.04. The van der Waals surface area contributed by atoms with E-state index >= 15 is 0 Å². The van der Waals surface area contributed by atoms with Crippen LogP contribution in [0.1, 0.15) is 9.67 Å². The van der Waals surface area contributed by atoms with E-state index in [1.807, 2.05) is 0 Å². The lowest BCUT2D eigenvalue weighted by Gasteiger charge is -2.01. The maximum Gasteiger partial charge on any atom is 0.345 e. The van der Waals surface area contributed by atoms with E-state index in [0.29, 0.717) is 0 Å². The molecule has 0 aliphatic rings. The van der Waals surface area contributed by atoms with E-state index in [-0.39, 0.29) is 22.5 Å². The normalized spacial score (nSPS) is 10.1. The van der Waals surface area contributed by atoms with E-state index in [4.69, 9.17) is 5.11 Å². The Balaban J connectivity index is 1.84. The standard InChI is InChI=1S/C11H9N3O3S2/c15-9(14-11-12-2-1-3-13-11)6-18-7-4-8(10(16)17)19-5-7/h1-5H,6H2,(H,16,17)(H,12,13,14,15). The summed E-state index contributed by atoms with van der Waals surface area (Å²) in [6, 6.07) is 3.20. The predicted octanol–water partition coefficient (Wildman–Crippen LogP) is 1.97. The van der Waals surface area contributed by atoms with Crippen LogP contribution in [0.2, 0.25) is 0 Å². The number of aromatic nitrogens is 2. The molecule has 0 fully saturated rings. The van der Waals surface area contributed by atoms with Gasteiger partial charge < -0.3 is 5.11 Å². The number of carboxylic acid groups (broad SMARTS) is 1. The number of carbonyl (C=O) groups excluding carboxylic acids is 1. The zero-order valence-electron chi connectivity index (χ0n) is 9.57. The number of hydrogen-bond donors (Lipinski definition) is 2. The van der Waals surface area contributed by atoms with Gasteiger partial charge >= 0.3 is 5.97 Å². The van der Waals surface area contributed by atoms with Gasteiger partial charge in [-0.1, -0.05) is 0 Å². The number of rotatable bonds is 5. The molecule has 0 aliphatic heterocycles. The van der Waals surface area contributed by atoms with Gasteiger partial charge in [0, 0.05) is 22.7 Å². The van der Waals surface area contributed by atoms with Crippen molar-refractivity contribution >= 4 is 40.9 Å². The van der Waals surface area contributed by atoms with Crippen molar-refractivity contribution in [2.45, 2.75) is 4.90 Å². The Hall–Kier alpha value is -1.93. The Morgan fingerprint density at radius 2 is 2.11 bits per heavy atom. The SMILES string of the molecule is O=C(CSc1csc(C(=O)O)c1)Nc1ncccn1. The quantitative estimate of drug-likeness (QED) is 0.819. The van der Waals surface area contributed by atoms with Gasteiger partial charge in [-0.2, -0.15) is 0 Å². The van der Waals surface area contributed by atoms with Crippen LogP contribution in [0, 0.1) is 0 Å². The molecule has 2 heterocycles. The number of anilines is 1. The molecular weight excluding hydrogens is 286 g/mol. The minimum absolute atomic E-state index is 0.175. The second-order valence-corrected chi connectivity index (χ2v) is 5.32. The van der Waals surface area contributed by atoms with Gasteiger partial charge in [0.1, 0.15) is 4.88 Å². The van der Waals surface area contributed by atoms with E-state index < -0.39 is 5.97 Å². The molecule has 0 spiro atoms. The molecule has 0 atom stereocenters. The van der Waals surface area contributed by atoms with Crippen LogP contribution in [0.4, 0.5) is 5.95 Å². The van der Waals surface area contributed by atoms with Crippen LogP contribution >= 0.6 is 23.1 Å². The summed E-state index contributed by atoms with van der Waals surface area (Å²) in [7, 11) is 0. The van der Waals surface area contributed by atoms with Crippen LogP contribution in [0.15, 0.2) is 34.8 Å². The van der Waals surface area contributed by atoms with Crippen LogP contribution < -0.4 is 5.32 Å². The van der Waals surface area contributed by atoms with E-state index in [0.717, 1.165) is 16.2 Å². The van der Waals surface area contributed by atoms with E-state index in [2.05, 4.69) is 15.3 Å². The zero-order chi connectivity index (χ0) is 13.7. The number of nitrogens with one attached hydrogen (secondary N) is 1. The van der Waals surface area contributed by atoms with Crippen molar-refractivity contribution in [1.29, 1.82) is 0 Å². The fourth-order valence-electron chi connectivity index (χ4n) is 1.18. The minimum Gasteiger partial charge on any atom is -0.477 e. The van der Waals surface area contributed by atoms with Crippen molar-refractivity contribution < 1.29 is 14.7 Å². The summed E-state index contributed by atoms with van der Waals surface area (Å²) in [4.78, 5) is 31.1. The fourth-order valence-corrected chi connectivity index (χ4v) is 2.85. The number of hydrogen-bond acceptors (Lipinski definition) is 6. The number of thioether (sulfide) groups is 1. The van der Waals surface area contributed by atoms with E-state index in [1.165, 1.54) is 24.2 Å². The molecule has 2 aromatic rings. The molecule has 1 amide bonds. The first-order chi connectivity index (χ1) is 9.15. The summed E-state index contributed by atoms with van der Waals surface area (Å²) in [5.41, 5.74) is 0. The topological polar surface area (TPSA) is 92.2 Å². The van der Waals surface area contributed by atoms with Gasteiger partial charge in [-0.05, 0) is 12.1 Å². The highest BCUT2D eigenvalue weighted by Crippen LogP contribution is 2.24. The van der Waals surface area contributed by atoms with Crippen molar-refractivity contribution in [1.82, 2.24) is 9.97 Å². The zero-order valence-corrected chi connectivity index (χ0v) is 11.2. The molecule has 0 unspecified atom stereocenters. The lowest BCUT2D eigenvalue weighted by Crippen LogP contribution is -2.15. The minimum atomic E-state index is -0.959. The fraction of sp³-hybridized carbons (Fsp3) is 0.0909. The first-order valence-corrected chi connectivity index (χ1v) is 7.03. The summed E-state index contributed by atoms with van der Waals surface area (Å²) in [5.74, 6) is -0.767. The predicted molar refractivity (Wildman–Crippen MR) is 72.7 cm³/mol. The molecule has 19 heavy (non-hydrogen) atoms. The average Bonchev–Trinajstić information content (AvgIpc) is 2.86. The molecule has 8 heteroatoms. The molecule has 0 saturated carbocycles. The summed E-state index contributed by atoms with van der Waals surface area (Å²) in [6.45, 7) is 0. The highest BCUT2D eigenvalue weighted by Gasteiger charge is 2.09. The second-order valence-electron chi connectivity index (χ2n) is 3.36. The van der Waals surface area contributed by atoms with Crippen molar-refractivity contribution in [2.24, 2.45) is 0 Å². The van der Waals surface area contributed by atoms with Gasteiger partial charge in [0.2, 0.25) is 11.9 Å². The number of aromatic carboxylic acids is 1. The van der Waals surface area contributed by atoms with Gasteiger partial charge in [-0.3, -0.25) is 10.1 Å². The first kappa shape index (κ1) is 13.5. The Labute approximate surface area is 116 Å². The van der Waals surface area contributed by atoms with Crippen LogP contribution in [-0.2, 0) is 4.79 Å². The average molecular weight is 295 g/mol. The molecule has 0 radical (unpaired) electrons. The van der Waals surface area contributed by atoms with E-state index in [1.54, 1.807) is 17.5 Å². The lowest BCUT2D eigenvalue weighted by atomic mass is 10.5. The first-order valence-electron chi connectivity index (χ1n) is 5.16. The molecule has 0 bridgehead atoms. The van der Waals surface area contributed by atoms with Crippen molar-refractivity contribution in [3.05, 3.63) is 34.8 Å². The monoisotopic (exact) mass is 295 g/mol. The summed E-state index contributed by atoms with van der Waals surface area (Å²) in [5, 5.41) is 13.0. The van der Waals surface area contributed by atoms with Crippen LogP contribution in [-0.4, -0.2) is 32.7 Å². The number of thiophene rings is 1. The molecule has 0 aliphatic carbocycles. The Morgan fingerprint density at radius 1 is 1.37 bits per heavy atom. The third-order valence-corrected chi connectivity index (χ3v) is 4.02. The van der Waals surface area contributed by atoms with E-state index in [9.17, 15) is 9.59 Å². The Morgan fingerprint density at radius 3 is 2.74 bits per heavy atom. The molecule has 6 nitrogen and oxygen atoms in total. The summed E-state index contributed by atoms with van der Waals surface area (Å²) < 4.78 is 0. The number of amides is 1. The Bertz CT molecular complexity index is 586. The number of nitrogens with zero attached hydrogens (tertiary/aromatic N) is 2. The van der Waals surface area contributed by atoms with Gasteiger partial charge in [-0.25, -0.2) is 14.8 Å². The molecule has 0 saturated heterocycles. The molecule has 0 aromatic carbocycles. The van der Waals surface area contributed by atoms with Gasteiger partial charge in [-0.15, -0.1) is 23.1 Å². The van der Waals surface area contributed by atoms with Crippen LogP contribution in [0.3, 0.4) is 0 Å². The maximum atomic E-state index is 11.6. The highest BCUT2D eigenvalue weighted by atomic mass is 32.2. The maximum absolute atomic E-state index is 11.6. The second kappa shape index (κ2) is 6.30. The molecular formula is C11H9N3O3S2. The van der Waals surface area contributed by atoms with Gasteiger partial charge in [0.15, 0.2) is 0 Å². The molecule has 2 rings (SSSR count). The van der Waals surface area contributed by atoms with Gasteiger partial charge in [0.05, 0.1) is 5.75 Å². The summed E-state index contributed by atoms with van der Waals surface area (Å²) >= 11 is 2.40. The van der Waals surface area contributed by atoms with Crippen LogP contribution in [0.5, 0.6) is 0 Å². The molecule has 98 valence electrons. The number of carbonyl (C=O) groups is 2. The van der Waals surface area contributed by atoms with Gasteiger partial charge in [0.25, 0.3) is 0 Å². The van der Waals surface area contributed by atoms with Crippen molar-refractivity contribution in [2.75, 3.05) is 11.1 Å². The number of carboxylic acids is 1. The third-order valence-electron chi connectivity index (χ3n) is 1.97. The lowest BCUT2D eigenvalue weighted by molar-refractivity contribution is -0.113. The van der Waals surface area contributed by atoms with Crippen molar-refractivity contribution in [3.8, 4) is 0 Å². The smallest absolute Gasteiger partial charge is 0.345 e. The largest absolute Gasteiger partial charge is 0.477 e. The highest BCUT2D eigenvalue weighted by molar-refractivity contribution is 8.00. The summed E-state index contributed by atoms with van der Waals surface area (Å²) in [6.07, 6.45) is 3.07. The van der Waals surface area contributed by atoms with Crippen molar-refractivity contribution in [3.63, 3.8) is 0 Å².